The zero-order valence-corrected chi connectivity index (χ0v) is 14.3. The molecule has 1 heterocycles. The number of carbonyl (C=O) groups is 1. The van der Waals surface area contributed by atoms with Crippen molar-refractivity contribution in [1.29, 1.82) is 0 Å². The molecule has 1 aromatic heterocycles. The molecule has 2 aromatic carbocycles. The van der Waals surface area contributed by atoms with Crippen LogP contribution >= 0.6 is 34.7 Å². The fraction of sp³-hybridized carbons (Fsp3) is 0.125. The minimum absolute atomic E-state index is 0.00933. The maximum atomic E-state index is 13.7. The molecule has 23 heavy (non-hydrogen) atoms. The predicted molar refractivity (Wildman–Crippen MR) is 95.8 cm³/mol. The summed E-state index contributed by atoms with van der Waals surface area (Å²) < 4.78 is 14.8. The van der Waals surface area contributed by atoms with Gasteiger partial charge in [0.2, 0.25) is 5.91 Å². The van der Waals surface area contributed by atoms with Gasteiger partial charge in [-0.3, -0.25) is 4.79 Å². The van der Waals surface area contributed by atoms with E-state index in [1.165, 1.54) is 23.9 Å². The second-order valence-electron chi connectivity index (χ2n) is 4.72. The van der Waals surface area contributed by atoms with Gasteiger partial charge in [0, 0.05) is 5.75 Å². The molecule has 0 unspecified atom stereocenters. The Labute approximate surface area is 145 Å². The first-order valence-corrected chi connectivity index (χ1v) is 9.14. The van der Waals surface area contributed by atoms with Crippen LogP contribution in [0.4, 0.5) is 10.1 Å². The lowest BCUT2D eigenvalue weighted by molar-refractivity contribution is -0.113. The van der Waals surface area contributed by atoms with E-state index in [9.17, 15) is 9.18 Å². The Bertz CT molecular complexity index is 820. The van der Waals surface area contributed by atoms with E-state index in [1.807, 2.05) is 24.3 Å². The molecular formula is C16H12ClFN2OS2. The lowest BCUT2D eigenvalue weighted by Gasteiger charge is -2.06. The Balaban J connectivity index is 1.54. The molecule has 0 spiro atoms. The molecule has 0 radical (unpaired) electrons. The van der Waals surface area contributed by atoms with Gasteiger partial charge in [0.25, 0.3) is 0 Å². The Hall–Kier alpha value is -1.63. The number of anilines is 1. The monoisotopic (exact) mass is 366 g/mol. The molecule has 0 fully saturated rings. The van der Waals surface area contributed by atoms with E-state index in [0.29, 0.717) is 5.75 Å². The number of halogens is 2. The number of thiazole rings is 1. The smallest absolute Gasteiger partial charge is 0.234 e. The number of para-hydroxylation sites is 1. The molecule has 3 rings (SSSR count). The first kappa shape index (κ1) is 16.2. The largest absolute Gasteiger partial charge is 0.323 e. The van der Waals surface area contributed by atoms with Crippen LogP contribution in [-0.4, -0.2) is 16.6 Å². The molecule has 0 bridgehead atoms. The van der Waals surface area contributed by atoms with Crippen molar-refractivity contribution in [2.75, 3.05) is 11.1 Å². The molecule has 0 aliphatic carbocycles. The van der Waals surface area contributed by atoms with E-state index < -0.39 is 5.82 Å². The average Bonchev–Trinajstić information content (AvgIpc) is 2.94. The second-order valence-corrected chi connectivity index (χ2v) is 7.23. The van der Waals surface area contributed by atoms with Gasteiger partial charge in [0.15, 0.2) is 5.82 Å². The fourth-order valence-corrected chi connectivity index (χ4v) is 4.02. The molecule has 1 amide bonds. The van der Waals surface area contributed by atoms with Crippen LogP contribution in [-0.2, 0) is 10.5 Å². The van der Waals surface area contributed by atoms with Gasteiger partial charge < -0.3 is 5.32 Å². The number of carbonyl (C=O) groups excluding carboxylic acids is 1. The van der Waals surface area contributed by atoms with Crippen LogP contribution < -0.4 is 5.32 Å². The first-order chi connectivity index (χ1) is 11.1. The normalized spacial score (nSPS) is 10.9. The lowest BCUT2D eigenvalue weighted by atomic mass is 10.3. The summed E-state index contributed by atoms with van der Waals surface area (Å²) in [5.74, 6) is -0.0110. The number of aromatic nitrogens is 1. The van der Waals surface area contributed by atoms with E-state index >= 15 is 0 Å². The molecule has 7 heteroatoms. The Morgan fingerprint density at radius 3 is 2.91 bits per heavy atom. The maximum Gasteiger partial charge on any atom is 0.234 e. The molecule has 0 saturated carbocycles. The number of rotatable bonds is 5. The van der Waals surface area contributed by atoms with Crippen LogP contribution in [0.15, 0.2) is 42.5 Å². The minimum atomic E-state index is -0.612. The number of fused-ring (bicyclic) bond motifs is 1. The van der Waals surface area contributed by atoms with Gasteiger partial charge in [-0.05, 0) is 24.3 Å². The summed E-state index contributed by atoms with van der Waals surface area (Å²) in [6.45, 7) is 0. The summed E-state index contributed by atoms with van der Waals surface area (Å²) in [6.07, 6.45) is 0. The van der Waals surface area contributed by atoms with Crippen molar-refractivity contribution in [3.05, 3.63) is 58.3 Å². The second kappa shape index (κ2) is 7.29. The van der Waals surface area contributed by atoms with E-state index in [4.69, 9.17) is 11.6 Å². The van der Waals surface area contributed by atoms with Crippen LogP contribution in [0.25, 0.3) is 10.2 Å². The number of thioether (sulfide) groups is 1. The van der Waals surface area contributed by atoms with Crippen LogP contribution in [0.3, 0.4) is 0 Å². The molecule has 0 atom stereocenters. The van der Waals surface area contributed by atoms with Gasteiger partial charge in [-0.15, -0.1) is 23.1 Å². The third-order valence-electron chi connectivity index (χ3n) is 3.02. The summed E-state index contributed by atoms with van der Waals surface area (Å²) in [6, 6.07) is 12.4. The number of amides is 1. The van der Waals surface area contributed by atoms with Crippen LogP contribution in [0.2, 0.25) is 5.02 Å². The zero-order chi connectivity index (χ0) is 16.2. The highest BCUT2D eigenvalue weighted by atomic mass is 35.5. The van der Waals surface area contributed by atoms with Gasteiger partial charge in [-0.25, -0.2) is 9.37 Å². The quantitative estimate of drug-likeness (QED) is 0.693. The highest BCUT2D eigenvalue weighted by molar-refractivity contribution is 7.99. The van der Waals surface area contributed by atoms with E-state index in [-0.39, 0.29) is 22.4 Å². The predicted octanol–water partition coefficient (Wildman–Crippen LogP) is 4.96. The summed E-state index contributed by atoms with van der Waals surface area (Å²) in [5, 5.41) is 3.49. The van der Waals surface area contributed by atoms with Crippen LogP contribution in [0.1, 0.15) is 5.01 Å². The Kier molecular flexibility index (Phi) is 5.15. The van der Waals surface area contributed by atoms with Crippen molar-refractivity contribution in [2.45, 2.75) is 5.75 Å². The van der Waals surface area contributed by atoms with Crippen molar-refractivity contribution in [2.24, 2.45) is 0 Å². The Morgan fingerprint density at radius 2 is 2.09 bits per heavy atom. The number of benzene rings is 2. The summed E-state index contributed by atoms with van der Waals surface area (Å²) in [7, 11) is 0. The topological polar surface area (TPSA) is 42.0 Å². The van der Waals surface area contributed by atoms with Crippen LogP contribution in [0.5, 0.6) is 0 Å². The third-order valence-corrected chi connectivity index (χ3v) is 5.48. The lowest BCUT2D eigenvalue weighted by Crippen LogP contribution is -2.15. The molecular weight excluding hydrogens is 355 g/mol. The molecule has 3 aromatic rings. The van der Waals surface area contributed by atoms with Gasteiger partial charge in [-0.2, -0.15) is 0 Å². The number of nitrogens with one attached hydrogen (secondary N) is 1. The third kappa shape index (κ3) is 4.02. The van der Waals surface area contributed by atoms with Gasteiger partial charge in [0.1, 0.15) is 5.01 Å². The summed E-state index contributed by atoms with van der Waals surface area (Å²) >= 11 is 8.74. The average molecular weight is 367 g/mol. The highest BCUT2D eigenvalue weighted by Crippen LogP contribution is 2.25. The zero-order valence-electron chi connectivity index (χ0n) is 11.9. The Morgan fingerprint density at radius 1 is 1.26 bits per heavy atom. The number of nitrogens with zero attached hydrogens (tertiary/aromatic N) is 1. The molecule has 0 aliphatic rings. The molecule has 118 valence electrons. The molecule has 1 N–H and O–H groups in total. The number of hydrogen-bond donors (Lipinski definition) is 1. The molecule has 0 aliphatic heterocycles. The summed E-state index contributed by atoms with van der Waals surface area (Å²) in [5.41, 5.74) is 1.07. The molecule has 3 nitrogen and oxygen atoms in total. The van der Waals surface area contributed by atoms with Gasteiger partial charge in [-0.1, -0.05) is 29.8 Å². The first-order valence-electron chi connectivity index (χ1n) is 6.79. The molecule has 0 saturated heterocycles. The fourth-order valence-electron chi connectivity index (χ4n) is 2.00. The summed E-state index contributed by atoms with van der Waals surface area (Å²) in [4.78, 5) is 16.4. The van der Waals surface area contributed by atoms with Crippen molar-refractivity contribution >= 4 is 56.5 Å². The van der Waals surface area contributed by atoms with E-state index in [2.05, 4.69) is 10.3 Å². The van der Waals surface area contributed by atoms with E-state index in [0.717, 1.165) is 15.2 Å². The van der Waals surface area contributed by atoms with Crippen molar-refractivity contribution < 1.29 is 9.18 Å². The maximum absolute atomic E-state index is 13.7. The number of hydrogen-bond acceptors (Lipinski definition) is 4. The van der Waals surface area contributed by atoms with Gasteiger partial charge >= 0.3 is 0 Å². The van der Waals surface area contributed by atoms with Crippen molar-refractivity contribution in [3.8, 4) is 0 Å². The van der Waals surface area contributed by atoms with Gasteiger partial charge in [0.05, 0.1) is 26.7 Å². The van der Waals surface area contributed by atoms with Crippen molar-refractivity contribution in [3.63, 3.8) is 0 Å². The van der Waals surface area contributed by atoms with E-state index in [1.54, 1.807) is 17.4 Å². The minimum Gasteiger partial charge on any atom is -0.323 e. The standard InChI is InChI=1S/C16H12ClFN2OS2/c17-10-4-3-6-12(16(10)18)19-14(21)8-22-9-15-20-11-5-1-2-7-13(11)23-15/h1-7H,8-9H2,(H,19,21). The van der Waals surface area contributed by atoms with Crippen molar-refractivity contribution in [1.82, 2.24) is 4.98 Å². The highest BCUT2D eigenvalue weighted by Gasteiger charge is 2.10. The van der Waals surface area contributed by atoms with Crippen LogP contribution in [0, 0.1) is 5.82 Å². The SMILES string of the molecule is O=C(CSCc1nc2ccccc2s1)Nc1cccc(Cl)c1F.